The molecule has 0 spiro atoms. The summed E-state index contributed by atoms with van der Waals surface area (Å²) in [6.07, 6.45) is 3.87. The maximum Gasteiger partial charge on any atom is 0.225 e. The number of benzene rings is 2. The monoisotopic (exact) mass is 359 g/mol. The summed E-state index contributed by atoms with van der Waals surface area (Å²) in [5.74, 6) is -0.131. The molecule has 2 amide bonds. The molecule has 0 bridgehead atoms. The minimum atomic E-state index is -0.306. The average molecular weight is 359 g/mol. The van der Waals surface area contributed by atoms with Gasteiger partial charge in [0.15, 0.2) is 0 Å². The second-order valence-electron chi connectivity index (χ2n) is 6.65. The first-order valence-corrected chi connectivity index (χ1v) is 8.78. The molecule has 5 nitrogen and oxygen atoms in total. The number of amides is 2. The van der Waals surface area contributed by atoms with E-state index in [1.54, 1.807) is 35.2 Å². The quantitative estimate of drug-likeness (QED) is 0.839. The first-order valence-electron chi connectivity index (χ1n) is 8.78. The highest BCUT2D eigenvalue weighted by Gasteiger charge is 2.29. The third kappa shape index (κ3) is 4.06. The van der Waals surface area contributed by atoms with E-state index in [9.17, 15) is 9.59 Å². The van der Waals surface area contributed by atoms with E-state index in [0.717, 1.165) is 16.7 Å². The van der Waals surface area contributed by atoms with Gasteiger partial charge in [-0.3, -0.25) is 9.59 Å². The van der Waals surface area contributed by atoms with Gasteiger partial charge in [-0.15, -0.1) is 0 Å². The fraction of sp³-hybridized carbons (Fsp3) is 0.227. The van der Waals surface area contributed by atoms with E-state index in [1.165, 1.54) is 6.92 Å². The molecule has 2 aromatic rings. The number of nitriles is 1. The normalized spacial score (nSPS) is 15.0. The van der Waals surface area contributed by atoms with E-state index in [4.69, 9.17) is 5.26 Å². The van der Waals surface area contributed by atoms with E-state index in [1.807, 2.05) is 42.5 Å². The van der Waals surface area contributed by atoms with Crippen LogP contribution in [-0.2, 0) is 16.1 Å². The molecular formula is C22H21N3O2. The molecule has 1 atom stereocenters. The van der Waals surface area contributed by atoms with Crippen LogP contribution in [0.3, 0.4) is 0 Å². The van der Waals surface area contributed by atoms with Crippen LogP contribution in [0.5, 0.6) is 0 Å². The molecule has 0 fully saturated rings. The molecule has 0 aliphatic carbocycles. The van der Waals surface area contributed by atoms with E-state index in [-0.39, 0.29) is 24.3 Å². The van der Waals surface area contributed by atoms with Crippen LogP contribution in [-0.4, -0.2) is 28.7 Å². The largest absolute Gasteiger partial charge is 0.341 e. The van der Waals surface area contributed by atoms with Crippen LogP contribution >= 0.6 is 0 Å². The zero-order chi connectivity index (χ0) is 19.4. The summed E-state index contributed by atoms with van der Waals surface area (Å²) >= 11 is 0. The summed E-state index contributed by atoms with van der Waals surface area (Å²) in [5.41, 5.74) is 3.56. The molecule has 0 radical (unpaired) electrons. The predicted octanol–water partition coefficient (Wildman–Crippen LogP) is 3.48. The zero-order valence-electron chi connectivity index (χ0n) is 15.4. The molecule has 1 aliphatic rings. The van der Waals surface area contributed by atoms with Crippen LogP contribution in [0.25, 0.3) is 6.08 Å². The molecule has 1 unspecified atom stereocenters. The van der Waals surface area contributed by atoms with Gasteiger partial charge >= 0.3 is 0 Å². The van der Waals surface area contributed by atoms with Crippen LogP contribution in [0, 0.1) is 11.3 Å². The lowest BCUT2D eigenvalue weighted by Crippen LogP contribution is -2.35. The molecular weight excluding hydrogens is 338 g/mol. The molecule has 0 saturated carbocycles. The van der Waals surface area contributed by atoms with Gasteiger partial charge in [-0.25, -0.2) is 0 Å². The molecule has 1 heterocycles. The highest BCUT2D eigenvalue weighted by molar-refractivity contribution is 5.81. The fourth-order valence-corrected chi connectivity index (χ4v) is 3.28. The molecule has 0 N–H and O–H groups in total. The maximum absolute atomic E-state index is 12.8. The third-order valence-corrected chi connectivity index (χ3v) is 4.77. The van der Waals surface area contributed by atoms with Gasteiger partial charge in [0.2, 0.25) is 11.8 Å². The molecule has 0 aromatic heterocycles. The van der Waals surface area contributed by atoms with Crippen molar-refractivity contribution in [3.05, 3.63) is 77.0 Å². The van der Waals surface area contributed by atoms with Gasteiger partial charge in [0, 0.05) is 26.7 Å². The van der Waals surface area contributed by atoms with Crippen molar-refractivity contribution in [3.63, 3.8) is 0 Å². The Bertz CT molecular complexity index is 925. The van der Waals surface area contributed by atoms with Gasteiger partial charge in [-0.1, -0.05) is 36.4 Å². The Kier molecular flexibility index (Phi) is 5.37. The highest BCUT2D eigenvalue weighted by atomic mass is 16.2. The molecule has 3 rings (SSSR count). The molecule has 2 aromatic carbocycles. The Morgan fingerprint density at radius 3 is 2.52 bits per heavy atom. The lowest BCUT2D eigenvalue weighted by atomic mass is 9.93. The number of rotatable bonds is 4. The first-order chi connectivity index (χ1) is 13.0. The number of hydrogen-bond acceptors (Lipinski definition) is 3. The second-order valence-corrected chi connectivity index (χ2v) is 6.65. The van der Waals surface area contributed by atoms with E-state index < -0.39 is 0 Å². The third-order valence-electron chi connectivity index (χ3n) is 4.77. The Morgan fingerprint density at radius 2 is 1.85 bits per heavy atom. The highest BCUT2D eigenvalue weighted by Crippen LogP contribution is 2.33. The van der Waals surface area contributed by atoms with Crippen molar-refractivity contribution in [1.29, 1.82) is 5.26 Å². The number of fused-ring (bicyclic) bond motifs is 1. The Balaban J connectivity index is 1.75. The summed E-state index contributed by atoms with van der Waals surface area (Å²) in [5, 5.41) is 8.88. The minimum Gasteiger partial charge on any atom is -0.341 e. The minimum absolute atomic E-state index is 0.0410. The van der Waals surface area contributed by atoms with Gasteiger partial charge in [0.05, 0.1) is 24.1 Å². The summed E-state index contributed by atoms with van der Waals surface area (Å²) in [6.45, 7) is 1.96. The topological polar surface area (TPSA) is 64.4 Å². The standard InChI is InChI=1S/C22H21N3O2/c1-16(26)25-12-11-19-5-3-4-6-20(19)21(25)13-22(27)24(2)15-18-9-7-17(14-23)8-10-18/h3-12,21H,13,15H2,1-2H3. The van der Waals surface area contributed by atoms with Crippen molar-refractivity contribution in [2.45, 2.75) is 25.9 Å². The lowest BCUT2D eigenvalue weighted by Gasteiger charge is -2.33. The molecule has 5 heteroatoms. The SMILES string of the molecule is CC(=O)N1C=Cc2ccccc2C1CC(=O)N(C)Cc1ccc(C#N)cc1. The Labute approximate surface area is 159 Å². The van der Waals surface area contributed by atoms with Crippen LogP contribution in [0.4, 0.5) is 0 Å². The second kappa shape index (κ2) is 7.88. The molecule has 27 heavy (non-hydrogen) atoms. The van der Waals surface area contributed by atoms with Crippen LogP contribution in [0.1, 0.15) is 41.6 Å². The maximum atomic E-state index is 12.8. The molecule has 0 saturated heterocycles. The van der Waals surface area contributed by atoms with Crippen LogP contribution < -0.4 is 0 Å². The predicted molar refractivity (Wildman–Crippen MR) is 103 cm³/mol. The molecule has 1 aliphatic heterocycles. The van der Waals surface area contributed by atoms with Gasteiger partial charge < -0.3 is 9.80 Å². The summed E-state index contributed by atoms with van der Waals surface area (Å²) < 4.78 is 0. The lowest BCUT2D eigenvalue weighted by molar-refractivity contribution is -0.134. The molecule has 136 valence electrons. The summed E-state index contributed by atoms with van der Waals surface area (Å²) in [7, 11) is 1.75. The van der Waals surface area contributed by atoms with E-state index in [0.29, 0.717) is 12.1 Å². The number of carbonyl (C=O) groups is 2. The zero-order valence-corrected chi connectivity index (χ0v) is 15.4. The van der Waals surface area contributed by atoms with Gasteiger partial charge in [-0.2, -0.15) is 5.26 Å². The first kappa shape index (κ1) is 18.4. The van der Waals surface area contributed by atoms with E-state index in [2.05, 4.69) is 6.07 Å². The van der Waals surface area contributed by atoms with Gasteiger partial charge in [-0.05, 0) is 34.9 Å². The van der Waals surface area contributed by atoms with Crippen molar-refractivity contribution >= 4 is 17.9 Å². The van der Waals surface area contributed by atoms with Crippen molar-refractivity contribution in [2.75, 3.05) is 7.05 Å². The smallest absolute Gasteiger partial charge is 0.225 e. The van der Waals surface area contributed by atoms with Crippen molar-refractivity contribution in [2.24, 2.45) is 0 Å². The Morgan fingerprint density at radius 1 is 1.15 bits per heavy atom. The van der Waals surface area contributed by atoms with Crippen molar-refractivity contribution in [3.8, 4) is 6.07 Å². The van der Waals surface area contributed by atoms with Gasteiger partial charge in [0.1, 0.15) is 0 Å². The van der Waals surface area contributed by atoms with Crippen molar-refractivity contribution < 1.29 is 9.59 Å². The van der Waals surface area contributed by atoms with Crippen molar-refractivity contribution in [1.82, 2.24) is 9.80 Å². The Hall–Kier alpha value is -3.39. The van der Waals surface area contributed by atoms with E-state index >= 15 is 0 Å². The summed E-state index contributed by atoms with van der Waals surface area (Å²) in [4.78, 5) is 28.1. The van der Waals surface area contributed by atoms with Crippen LogP contribution in [0.15, 0.2) is 54.7 Å². The average Bonchev–Trinajstić information content (AvgIpc) is 2.68. The fourth-order valence-electron chi connectivity index (χ4n) is 3.28. The summed E-state index contributed by atoms with van der Waals surface area (Å²) in [6, 6.07) is 16.8. The van der Waals surface area contributed by atoms with Crippen LogP contribution in [0.2, 0.25) is 0 Å². The van der Waals surface area contributed by atoms with Gasteiger partial charge in [0.25, 0.3) is 0 Å². The number of hydrogen-bond donors (Lipinski definition) is 0. The number of nitrogens with zero attached hydrogens (tertiary/aromatic N) is 3. The number of carbonyl (C=O) groups excluding carboxylic acids is 2.